The van der Waals surface area contributed by atoms with Crippen LogP contribution in [0.15, 0.2) is 30.5 Å². The number of benzene rings is 1. The fourth-order valence-corrected chi connectivity index (χ4v) is 6.37. The third-order valence-electron chi connectivity index (χ3n) is 7.16. The molecule has 2 aliphatic rings. The number of morpholine rings is 1. The van der Waals surface area contributed by atoms with Crippen LogP contribution in [-0.2, 0) is 28.0 Å². The van der Waals surface area contributed by atoms with E-state index in [1.54, 1.807) is 0 Å². The van der Waals surface area contributed by atoms with Crippen LogP contribution in [0.25, 0.3) is 0 Å². The largest absolute Gasteiger partial charge is 0.374 e. The summed E-state index contributed by atoms with van der Waals surface area (Å²) in [4.78, 5) is 2.54. The highest BCUT2D eigenvalue weighted by atomic mass is 35.5. The fourth-order valence-electron chi connectivity index (χ4n) is 5.37. The summed E-state index contributed by atoms with van der Waals surface area (Å²) in [5.41, 5.74) is 3.86. The van der Waals surface area contributed by atoms with Crippen molar-refractivity contribution in [2.45, 2.75) is 63.1 Å². The molecular formula is C24H34ClN3O3S. The zero-order valence-electron chi connectivity index (χ0n) is 19.2. The van der Waals surface area contributed by atoms with Crippen molar-refractivity contribution >= 4 is 21.4 Å². The number of ether oxygens (including phenoxy) is 1. The van der Waals surface area contributed by atoms with E-state index in [1.165, 1.54) is 23.1 Å². The van der Waals surface area contributed by atoms with Gasteiger partial charge in [0.1, 0.15) is 9.84 Å². The second-order valence-electron chi connectivity index (χ2n) is 9.54. The van der Waals surface area contributed by atoms with Gasteiger partial charge in [-0.05, 0) is 68.2 Å². The first-order valence-corrected chi connectivity index (χ1v) is 13.9. The summed E-state index contributed by atoms with van der Waals surface area (Å²) in [7, 11) is -1.08. The van der Waals surface area contributed by atoms with Crippen LogP contribution in [0.3, 0.4) is 0 Å². The minimum absolute atomic E-state index is 0.0847. The standard InChI is InChI=1S/C24H34ClN3O3S/c1-17-24(13-26-27(17)2)19-6-10-21(11-7-19)28-14-23(16-32(3,29)30)31-15-22(28)12-18-4-8-20(25)9-5-18/h4-5,8-9,13,19,21-23H,6-7,10-12,14-16H2,1-3H3/t19?,21?,22-,23+/m0/s1. The summed E-state index contributed by atoms with van der Waals surface area (Å²) in [5, 5.41) is 5.17. The van der Waals surface area contributed by atoms with Crippen LogP contribution >= 0.6 is 11.6 Å². The molecule has 0 bridgehead atoms. The Hall–Kier alpha value is -1.41. The molecule has 0 N–H and O–H groups in total. The van der Waals surface area contributed by atoms with Gasteiger partial charge < -0.3 is 4.74 Å². The second kappa shape index (κ2) is 9.84. The highest BCUT2D eigenvalue weighted by molar-refractivity contribution is 7.90. The molecule has 2 fully saturated rings. The minimum Gasteiger partial charge on any atom is -0.374 e. The first-order valence-electron chi connectivity index (χ1n) is 11.5. The predicted molar refractivity (Wildman–Crippen MR) is 128 cm³/mol. The van der Waals surface area contributed by atoms with Crippen molar-refractivity contribution in [2.75, 3.05) is 25.2 Å². The van der Waals surface area contributed by atoms with Gasteiger partial charge >= 0.3 is 0 Å². The smallest absolute Gasteiger partial charge is 0.150 e. The van der Waals surface area contributed by atoms with Crippen molar-refractivity contribution < 1.29 is 13.2 Å². The molecular weight excluding hydrogens is 446 g/mol. The van der Waals surface area contributed by atoms with E-state index in [1.807, 2.05) is 30.1 Å². The monoisotopic (exact) mass is 479 g/mol. The number of sulfone groups is 1. The van der Waals surface area contributed by atoms with E-state index < -0.39 is 9.84 Å². The van der Waals surface area contributed by atoms with Crippen LogP contribution in [0.4, 0.5) is 0 Å². The zero-order chi connectivity index (χ0) is 22.9. The molecule has 0 spiro atoms. The zero-order valence-corrected chi connectivity index (χ0v) is 20.8. The number of hydrogen-bond donors (Lipinski definition) is 0. The third-order valence-corrected chi connectivity index (χ3v) is 8.39. The Morgan fingerprint density at radius 3 is 2.44 bits per heavy atom. The van der Waals surface area contributed by atoms with Gasteiger partial charge in [0, 0.05) is 42.6 Å². The summed E-state index contributed by atoms with van der Waals surface area (Å²) in [5.74, 6) is 0.643. The maximum absolute atomic E-state index is 11.9. The van der Waals surface area contributed by atoms with Crippen molar-refractivity contribution in [1.29, 1.82) is 0 Å². The van der Waals surface area contributed by atoms with E-state index in [-0.39, 0.29) is 17.9 Å². The van der Waals surface area contributed by atoms with Crippen LogP contribution in [0.2, 0.25) is 5.02 Å². The highest BCUT2D eigenvalue weighted by Crippen LogP contribution is 2.37. The first-order chi connectivity index (χ1) is 15.2. The molecule has 1 saturated carbocycles. The molecule has 2 heterocycles. The average Bonchev–Trinajstić information content (AvgIpc) is 3.08. The lowest BCUT2D eigenvalue weighted by atomic mass is 9.80. The van der Waals surface area contributed by atoms with Gasteiger partial charge in [-0.25, -0.2) is 8.42 Å². The van der Waals surface area contributed by atoms with Gasteiger partial charge in [0.2, 0.25) is 0 Å². The fraction of sp³-hybridized carbons (Fsp3) is 0.625. The Kier molecular flexibility index (Phi) is 7.30. The third kappa shape index (κ3) is 5.74. The average molecular weight is 480 g/mol. The minimum atomic E-state index is -3.08. The van der Waals surface area contributed by atoms with Gasteiger partial charge in [0.25, 0.3) is 0 Å². The number of halogens is 1. The molecule has 4 rings (SSSR count). The van der Waals surface area contributed by atoms with E-state index in [9.17, 15) is 8.42 Å². The van der Waals surface area contributed by atoms with E-state index in [4.69, 9.17) is 16.3 Å². The second-order valence-corrected chi connectivity index (χ2v) is 12.2. The molecule has 176 valence electrons. The van der Waals surface area contributed by atoms with E-state index >= 15 is 0 Å². The Bertz CT molecular complexity index is 1010. The quantitative estimate of drug-likeness (QED) is 0.631. The molecule has 1 aromatic carbocycles. The lowest BCUT2D eigenvalue weighted by molar-refractivity contribution is -0.0755. The Morgan fingerprint density at radius 2 is 1.84 bits per heavy atom. The summed E-state index contributed by atoms with van der Waals surface area (Å²) in [6, 6.07) is 8.70. The van der Waals surface area contributed by atoms with Gasteiger partial charge in [-0.3, -0.25) is 9.58 Å². The van der Waals surface area contributed by atoms with Crippen LogP contribution < -0.4 is 0 Å². The predicted octanol–water partition coefficient (Wildman–Crippen LogP) is 3.76. The number of nitrogens with zero attached hydrogens (tertiary/aromatic N) is 3. The van der Waals surface area contributed by atoms with Crippen molar-refractivity contribution in [3.63, 3.8) is 0 Å². The summed E-state index contributed by atoms with van der Waals surface area (Å²) in [6.07, 6.45) is 8.44. The van der Waals surface area contributed by atoms with Crippen LogP contribution in [0.1, 0.15) is 48.4 Å². The molecule has 0 radical (unpaired) electrons. The highest BCUT2D eigenvalue weighted by Gasteiger charge is 2.37. The maximum atomic E-state index is 11.9. The lowest BCUT2D eigenvalue weighted by Crippen LogP contribution is -2.56. The van der Waals surface area contributed by atoms with Gasteiger partial charge in [-0.15, -0.1) is 0 Å². The van der Waals surface area contributed by atoms with Crippen molar-refractivity contribution in [1.82, 2.24) is 14.7 Å². The van der Waals surface area contributed by atoms with Crippen LogP contribution in [0.5, 0.6) is 0 Å². The molecule has 2 atom stereocenters. The number of hydrogen-bond acceptors (Lipinski definition) is 5. The Labute approximate surface area is 196 Å². The number of aryl methyl sites for hydroxylation is 1. The first kappa shape index (κ1) is 23.7. The molecule has 2 aromatic rings. The van der Waals surface area contributed by atoms with E-state index in [2.05, 4.69) is 29.1 Å². The van der Waals surface area contributed by atoms with Crippen LogP contribution in [0, 0.1) is 6.92 Å². The Morgan fingerprint density at radius 1 is 1.16 bits per heavy atom. The molecule has 6 nitrogen and oxygen atoms in total. The molecule has 32 heavy (non-hydrogen) atoms. The topological polar surface area (TPSA) is 64.4 Å². The lowest BCUT2D eigenvalue weighted by Gasteiger charge is -2.46. The van der Waals surface area contributed by atoms with Gasteiger partial charge in [0.15, 0.2) is 0 Å². The normalized spacial score (nSPS) is 27.5. The maximum Gasteiger partial charge on any atom is 0.150 e. The van der Waals surface area contributed by atoms with Gasteiger partial charge in [-0.2, -0.15) is 5.10 Å². The van der Waals surface area contributed by atoms with Crippen molar-refractivity contribution in [2.24, 2.45) is 7.05 Å². The summed E-state index contributed by atoms with van der Waals surface area (Å²) >= 11 is 6.06. The van der Waals surface area contributed by atoms with Crippen molar-refractivity contribution in [3.05, 3.63) is 52.3 Å². The SMILES string of the molecule is Cc1c(C2CCC(N3C[C@H](CS(C)(=O)=O)OC[C@@H]3Cc3ccc(Cl)cc3)CC2)cnn1C. The van der Waals surface area contributed by atoms with Crippen LogP contribution in [-0.4, -0.2) is 66.4 Å². The number of rotatable bonds is 6. The molecule has 8 heteroatoms. The molecule has 1 aromatic heterocycles. The van der Waals surface area contributed by atoms with Gasteiger partial charge in [-0.1, -0.05) is 23.7 Å². The molecule has 0 amide bonds. The summed E-state index contributed by atoms with van der Waals surface area (Å²) in [6.45, 7) is 3.38. The Balaban J connectivity index is 1.47. The molecule has 1 aliphatic heterocycles. The molecule has 1 aliphatic carbocycles. The number of aromatic nitrogens is 2. The summed E-state index contributed by atoms with van der Waals surface area (Å²) < 4.78 is 31.8. The van der Waals surface area contributed by atoms with Crippen molar-refractivity contribution in [3.8, 4) is 0 Å². The van der Waals surface area contributed by atoms with Gasteiger partial charge in [0.05, 0.1) is 24.7 Å². The van der Waals surface area contributed by atoms with E-state index in [0.29, 0.717) is 25.1 Å². The van der Waals surface area contributed by atoms with E-state index in [0.717, 1.165) is 37.1 Å². The molecule has 0 unspecified atom stereocenters. The molecule has 1 saturated heterocycles.